The van der Waals surface area contributed by atoms with Crippen molar-refractivity contribution in [2.24, 2.45) is 5.92 Å². The van der Waals surface area contributed by atoms with Gasteiger partial charge >= 0.3 is 11.9 Å². The molecule has 1 aromatic carbocycles. The Morgan fingerprint density at radius 3 is 2.63 bits per heavy atom. The van der Waals surface area contributed by atoms with Crippen molar-refractivity contribution in [3.05, 3.63) is 48.3 Å². The molecule has 3 aromatic rings. The van der Waals surface area contributed by atoms with Crippen LogP contribution < -0.4 is 0 Å². The smallest absolute Gasteiger partial charge is 0.330 e. The number of ketones is 1. The van der Waals surface area contributed by atoms with Crippen LogP contribution in [0.5, 0.6) is 0 Å². The number of carboxylic acids is 1. The van der Waals surface area contributed by atoms with E-state index in [-0.39, 0.29) is 6.42 Å². The van der Waals surface area contributed by atoms with Crippen LogP contribution in [-0.4, -0.2) is 56.9 Å². The lowest BCUT2D eigenvalue weighted by Gasteiger charge is -2.37. The molecule has 1 N–H and O–H groups in total. The van der Waals surface area contributed by atoms with Crippen LogP contribution in [0.4, 0.5) is 4.39 Å². The van der Waals surface area contributed by atoms with Crippen molar-refractivity contribution in [1.29, 1.82) is 0 Å². The van der Waals surface area contributed by atoms with Gasteiger partial charge in [-0.3, -0.25) is 14.6 Å². The number of halogens is 1. The van der Waals surface area contributed by atoms with Crippen LogP contribution in [0.25, 0.3) is 22.6 Å². The van der Waals surface area contributed by atoms with Crippen LogP contribution >= 0.6 is 0 Å². The number of alkyl halides is 1. The molecule has 5 rings (SSSR count). The fourth-order valence-corrected chi connectivity index (χ4v) is 4.96. The maximum atomic E-state index is 16.4. The Kier molecular flexibility index (Phi) is 6.62. The Labute approximate surface area is 202 Å². The van der Waals surface area contributed by atoms with Gasteiger partial charge in [-0.1, -0.05) is 6.07 Å². The third-order valence-electron chi connectivity index (χ3n) is 6.93. The zero-order chi connectivity index (χ0) is 24.4. The molecule has 1 aliphatic heterocycles. The molecular formula is C26H28FN3O5. The standard InChI is InChI=1S/C26H28FN3O5/c27-26(30-12-1-2-13-30,35-20-8-6-18(7-9-20)25(32)33)23(31)15-17-5-10-21-22(14-17)34-24(29-21)19-4-3-11-28-16-19/h3-5,10-11,14,16,18,20H,1-2,6-9,12-13,15H2,(H,32,33)/t18-,20-,26?. The van der Waals surface area contributed by atoms with Gasteiger partial charge in [-0.25, -0.2) is 9.88 Å². The maximum absolute atomic E-state index is 16.4. The quantitative estimate of drug-likeness (QED) is 0.473. The average Bonchev–Trinajstić information content (AvgIpc) is 3.55. The first-order valence-electron chi connectivity index (χ1n) is 12.1. The van der Waals surface area contributed by atoms with E-state index in [1.165, 1.54) is 4.90 Å². The maximum Gasteiger partial charge on any atom is 0.330 e. The highest BCUT2D eigenvalue weighted by Gasteiger charge is 2.48. The lowest BCUT2D eigenvalue weighted by molar-refractivity contribution is -0.252. The summed E-state index contributed by atoms with van der Waals surface area (Å²) in [7, 11) is 0. The van der Waals surface area contributed by atoms with Crippen molar-refractivity contribution in [2.45, 2.75) is 57.0 Å². The third-order valence-corrected chi connectivity index (χ3v) is 6.93. The second-order valence-corrected chi connectivity index (χ2v) is 9.35. The van der Waals surface area contributed by atoms with Crippen molar-refractivity contribution < 1.29 is 28.2 Å². The van der Waals surface area contributed by atoms with Crippen molar-refractivity contribution in [1.82, 2.24) is 14.9 Å². The summed E-state index contributed by atoms with van der Waals surface area (Å²) in [5.41, 5.74) is 2.49. The number of aliphatic carboxylic acids is 1. The van der Waals surface area contributed by atoms with E-state index in [1.54, 1.807) is 36.7 Å². The molecule has 1 atom stereocenters. The molecule has 1 saturated carbocycles. The molecule has 3 heterocycles. The predicted molar refractivity (Wildman–Crippen MR) is 125 cm³/mol. The van der Waals surface area contributed by atoms with Gasteiger partial charge in [0.05, 0.1) is 17.6 Å². The molecule has 2 aromatic heterocycles. The zero-order valence-corrected chi connectivity index (χ0v) is 19.4. The first-order valence-corrected chi connectivity index (χ1v) is 12.1. The normalized spacial score (nSPS) is 22.8. The molecule has 2 aliphatic rings. The molecule has 1 aliphatic carbocycles. The molecule has 2 fully saturated rings. The Morgan fingerprint density at radius 2 is 1.94 bits per heavy atom. The molecular weight excluding hydrogens is 453 g/mol. The van der Waals surface area contributed by atoms with Crippen molar-refractivity contribution in [3.8, 4) is 11.5 Å². The van der Waals surface area contributed by atoms with Crippen molar-refractivity contribution >= 4 is 22.9 Å². The van der Waals surface area contributed by atoms with Gasteiger partial charge in [-0.05, 0) is 68.4 Å². The lowest BCUT2D eigenvalue weighted by atomic mass is 9.87. The number of fused-ring (bicyclic) bond motifs is 1. The number of nitrogens with zero attached hydrogens (tertiary/aromatic N) is 3. The van der Waals surface area contributed by atoms with Crippen LogP contribution in [0.3, 0.4) is 0 Å². The van der Waals surface area contributed by atoms with Gasteiger partial charge in [-0.15, -0.1) is 0 Å². The predicted octanol–water partition coefficient (Wildman–Crippen LogP) is 4.38. The highest BCUT2D eigenvalue weighted by atomic mass is 19.2. The number of carbonyl (C=O) groups is 2. The van der Waals surface area contributed by atoms with E-state index in [2.05, 4.69) is 9.97 Å². The topological polar surface area (TPSA) is 106 Å². The number of hydrogen-bond donors (Lipinski definition) is 1. The first kappa shape index (κ1) is 23.6. The van der Waals surface area contributed by atoms with E-state index in [0.717, 1.165) is 18.4 Å². The largest absolute Gasteiger partial charge is 0.481 e. The van der Waals surface area contributed by atoms with E-state index in [1.807, 2.05) is 6.07 Å². The van der Waals surface area contributed by atoms with Crippen LogP contribution in [0.1, 0.15) is 44.1 Å². The number of carboxylic acid groups (broad SMARTS) is 1. The average molecular weight is 482 g/mol. The summed E-state index contributed by atoms with van der Waals surface area (Å²) in [5, 5.41) is 9.23. The number of pyridine rings is 1. The third kappa shape index (κ3) is 4.97. The Morgan fingerprint density at radius 1 is 1.17 bits per heavy atom. The number of benzene rings is 1. The number of ether oxygens (including phenoxy) is 1. The number of oxazole rings is 1. The summed E-state index contributed by atoms with van der Waals surface area (Å²) < 4.78 is 28.1. The lowest BCUT2D eigenvalue weighted by Crippen LogP contribution is -2.54. The number of likely N-dealkylation sites (tertiary alicyclic amines) is 1. The first-order chi connectivity index (χ1) is 16.9. The van der Waals surface area contributed by atoms with Gasteiger partial charge in [0.25, 0.3) is 0 Å². The number of aromatic nitrogens is 2. The highest BCUT2D eigenvalue weighted by Crippen LogP contribution is 2.34. The summed E-state index contributed by atoms with van der Waals surface area (Å²) >= 11 is 0. The molecule has 35 heavy (non-hydrogen) atoms. The van der Waals surface area contributed by atoms with Gasteiger partial charge in [0.15, 0.2) is 5.58 Å². The van der Waals surface area contributed by atoms with Crippen molar-refractivity contribution in [3.63, 3.8) is 0 Å². The molecule has 9 heteroatoms. The van der Waals surface area contributed by atoms with E-state index in [9.17, 15) is 14.7 Å². The van der Waals surface area contributed by atoms with Crippen LogP contribution in [0, 0.1) is 5.92 Å². The molecule has 184 valence electrons. The van der Waals surface area contributed by atoms with Gasteiger partial charge in [0, 0.05) is 31.9 Å². The molecule has 0 bridgehead atoms. The van der Waals surface area contributed by atoms with E-state index in [0.29, 0.717) is 61.3 Å². The van der Waals surface area contributed by atoms with Crippen LogP contribution in [-0.2, 0) is 20.7 Å². The SMILES string of the molecule is O=C(Cc1ccc2nc(-c3cccnc3)oc2c1)C(F)(O[C@H]1CC[C@H](C(=O)O)CC1)N1CCCC1. The molecule has 0 radical (unpaired) electrons. The highest BCUT2D eigenvalue weighted by molar-refractivity contribution is 5.88. The minimum absolute atomic E-state index is 0.156. The summed E-state index contributed by atoms with van der Waals surface area (Å²) in [6.07, 6.45) is 5.97. The monoisotopic (exact) mass is 481 g/mol. The summed E-state index contributed by atoms with van der Waals surface area (Å²) in [6, 6.07) is 8.85. The summed E-state index contributed by atoms with van der Waals surface area (Å²) in [6.45, 7) is 0.893. The second-order valence-electron chi connectivity index (χ2n) is 9.35. The summed E-state index contributed by atoms with van der Waals surface area (Å²) in [4.78, 5) is 34.6. The summed E-state index contributed by atoms with van der Waals surface area (Å²) in [5.74, 6) is -4.04. The zero-order valence-electron chi connectivity index (χ0n) is 19.4. The van der Waals surface area contributed by atoms with E-state index >= 15 is 4.39 Å². The number of carbonyl (C=O) groups excluding carboxylic acids is 1. The van der Waals surface area contributed by atoms with Crippen molar-refractivity contribution in [2.75, 3.05) is 13.1 Å². The van der Waals surface area contributed by atoms with E-state index < -0.39 is 29.8 Å². The van der Waals surface area contributed by atoms with E-state index in [4.69, 9.17) is 9.15 Å². The number of rotatable bonds is 8. The van der Waals surface area contributed by atoms with Gasteiger partial charge < -0.3 is 14.3 Å². The minimum Gasteiger partial charge on any atom is -0.481 e. The fourth-order valence-electron chi connectivity index (χ4n) is 4.96. The Hall–Kier alpha value is -3.17. The number of hydrogen-bond acceptors (Lipinski definition) is 7. The van der Waals surface area contributed by atoms with Gasteiger partial charge in [-0.2, -0.15) is 4.39 Å². The minimum atomic E-state index is -2.53. The van der Waals surface area contributed by atoms with Gasteiger partial charge in [0.2, 0.25) is 11.7 Å². The van der Waals surface area contributed by atoms with Crippen LogP contribution in [0.15, 0.2) is 47.1 Å². The number of Topliss-reactive ketones (excluding diaryl/α,β-unsaturated/α-hetero) is 1. The fraction of sp³-hybridized carbons (Fsp3) is 0.462. The molecule has 0 spiro atoms. The second kappa shape index (κ2) is 9.83. The molecule has 8 nitrogen and oxygen atoms in total. The Bertz CT molecular complexity index is 1200. The van der Waals surface area contributed by atoms with Gasteiger partial charge in [0.1, 0.15) is 5.52 Å². The molecule has 1 unspecified atom stereocenters. The molecule has 0 amide bonds. The Balaban J connectivity index is 1.33. The molecule has 1 saturated heterocycles. The van der Waals surface area contributed by atoms with Crippen LogP contribution in [0.2, 0.25) is 0 Å².